The second-order valence-corrected chi connectivity index (χ2v) is 4.66. The van der Waals surface area contributed by atoms with Crippen molar-refractivity contribution in [3.63, 3.8) is 0 Å². The zero-order valence-electron chi connectivity index (χ0n) is 8.16. The number of hydrogen-bond donors (Lipinski definition) is 0. The van der Waals surface area contributed by atoms with E-state index in [0.29, 0.717) is 0 Å². The molecule has 10 heteroatoms. The van der Waals surface area contributed by atoms with Crippen molar-refractivity contribution in [2.75, 3.05) is 0 Å². The minimum Gasteiger partial charge on any atom is -0.404 e. The van der Waals surface area contributed by atoms with Crippen LogP contribution >= 0.6 is 38.5 Å². The number of pyridine rings is 1. The molecule has 0 N–H and O–H groups in total. The van der Waals surface area contributed by atoms with Crippen LogP contribution < -0.4 is 4.74 Å². The highest BCUT2D eigenvalue weighted by atomic mass is 127. The van der Waals surface area contributed by atoms with Crippen LogP contribution in [0.1, 0.15) is 11.3 Å². The van der Waals surface area contributed by atoms with Crippen LogP contribution in [-0.4, -0.2) is 11.3 Å². The molecule has 2 nitrogen and oxygen atoms in total. The zero-order chi connectivity index (χ0) is 14.1. The highest BCUT2D eigenvalue weighted by Crippen LogP contribution is 2.42. The Morgan fingerprint density at radius 1 is 1.22 bits per heavy atom. The predicted octanol–water partition coefficient (Wildman–Crippen LogP) is 4.50. The average molecular weight is 450 g/mol. The molecule has 0 bridgehead atoms. The Hall–Kier alpha value is -0.260. The van der Waals surface area contributed by atoms with Gasteiger partial charge in [-0.2, -0.15) is 13.2 Å². The molecule has 0 saturated heterocycles. The van der Waals surface area contributed by atoms with Crippen LogP contribution in [0.25, 0.3) is 0 Å². The summed E-state index contributed by atoms with van der Waals surface area (Å²) >= 11 is 4.03. The van der Waals surface area contributed by atoms with Gasteiger partial charge in [0, 0.05) is 11.5 Å². The first-order valence-corrected chi connectivity index (χ1v) is 6.32. The molecule has 0 aliphatic rings. The van der Waals surface area contributed by atoms with Gasteiger partial charge in [-0.05, 0) is 22.6 Å². The van der Waals surface area contributed by atoms with Gasteiger partial charge in [0.15, 0.2) is 5.75 Å². The van der Waals surface area contributed by atoms with Crippen molar-refractivity contribution in [2.24, 2.45) is 0 Å². The third-order valence-corrected chi connectivity index (χ3v) is 2.99. The molecular weight excluding hydrogens is 447 g/mol. The maximum atomic E-state index is 12.7. The molecule has 1 aromatic rings. The Bertz CT molecular complexity index is 446. The number of rotatable bonds is 2. The van der Waals surface area contributed by atoms with E-state index in [1.807, 2.05) is 0 Å². The molecule has 102 valence electrons. The first kappa shape index (κ1) is 15.8. The third-order valence-electron chi connectivity index (χ3n) is 1.69. The second-order valence-electron chi connectivity index (χ2n) is 2.94. The van der Waals surface area contributed by atoms with Gasteiger partial charge in [-0.1, -0.05) is 15.9 Å². The SMILES string of the molecule is FC(F)(F)Oc1c(I)cnc(CBr)c1C(F)(F)F. The number of ether oxygens (including phenoxy) is 1. The van der Waals surface area contributed by atoms with Crippen molar-refractivity contribution in [3.05, 3.63) is 21.0 Å². The van der Waals surface area contributed by atoms with E-state index in [1.54, 1.807) is 0 Å². The molecule has 1 heterocycles. The smallest absolute Gasteiger partial charge is 0.404 e. The van der Waals surface area contributed by atoms with Gasteiger partial charge >= 0.3 is 12.5 Å². The van der Waals surface area contributed by atoms with Crippen LogP contribution in [0.4, 0.5) is 26.3 Å². The second kappa shape index (κ2) is 5.39. The van der Waals surface area contributed by atoms with Crippen LogP contribution in [0.15, 0.2) is 6.20 Å². The van der Waals surface area contributed by atoms with Gasteiger partial charge in [-0.3, -0.25) is 4.98 Å². The predicted molar refractivity (Wildman–Crippen MR) is 61.3 cm³/mol. The zero-order valence-corrected chi connectivity index (χ0v) is 11.9. The first-order valence-electron chi connectivity index (χ1n) is 4.12. The van der Waals surface area contributed by atoms with Gasteiger partial charge in [-0.15, -0.1) is 13.2 Å². The van der Waals surface area contributed by atoms with Crippen molar-refractivity contribution < 1.29 is 31.1 Å². The molecule has 0 atom stereocenters. The van der Waals surface area contributed by atoms with Gasteiger partial charge in [-0.25, -0.2) is 0 Å². The van der Waals surface area contributed by atoms with E-state index in [4.69, 9.17) is 0 Å². The molecule has 0 aliphatic heterocycles. The van der Waals surface area contributed by atoms with Crippen molar-refractivity contribution in [3.8, 4) is 5.75 Å². The maximum Gasteiger partial charge on any atom is 0.573 e. The van der Waals surface area contributed by atoms with E-state index < -0.39 is 29.5 Å². The summed E-state index contributed by atoms with van der Waals surface area (Å²) in [5, 5.41) is -0.340. The number of nitrogens with zero attached hydrogens (tertiary/aromatic N) is 1. The van der Waals surface area contributed by atoms with Crippen LogP contribution in [0.5, 0.6) is 5.75 Å². The number of halogens is 8. The summed E-state index contributed by atoms with van der Waals surface area (Å²) in [6, 6.07) is 0. The van der Waals surface area contributed by atoms with Crippen molar-refractivity contribution in [1.29, 1.82) is 0 Å². The fourth-order valence-electron chi connectivity index (χ4n) is 1.12. The lowest BCUT2D eigenvalue weighted by molar-refractivity contribution is -0.276. The molecule has 18 heavy (non-hydrogen) atoms. The number of aromatic nitrogens is 1. The first-order chi connectivity index (χ1) is 8.06. The summed E-state index contributed by atoms with van der Waals surface area (Å²) in [4.78, 5) is 3.43. The lowest BCUT2D eigenvalue weighted by Crippen LogP contribution is -2.22. The Labute approximate surface area is 119 Å². The minimum absolute atomic E-state index is 0.340. The lowest BCUT2D eigenvalue weighted by Gasteiger charge is -2.18. The Balaban J connectivity index is 3.46. The normalized spacial score (nSPS) is 12.7. The summed E-state index contributed by atoms with van der Waals surface area (Å²) in [5.41, 5.74) is -2.09. The minimum atomic E-state index is -5.20. The molecule has 0 spiro atoms. The third kappa shape index (κ3) is 3.87. The monoisotopic (exact) mass is 449 g/mol. The van der Waals surface area contributed by atoms with Gasteiger partial charge < -0.3 is 4.74 Å². The highest BCUT2D eigenvalue weighted by Gasteiger charge is 2.42. The molecule has 0 fully saturated rings. The van der Waals surface area contributed by atoms with E-state index in [-0.39, 0.29) is 8.90 Å². The average Bonchev–Trinajstić information content (AvgIpc) is 2.17. The van der Waals surface area contributed by atoms with E-state index in [0.717, 1.165) is 6.20 Å². The summed E-state index contributed by atoms with van der Waals surface area (Å²) in [7, 11) is 0. The lowest BCUT2D eigenvalue weighted by atomic mass is 10.2. The summed E-state index contributed by atoms with van der Waals surface area (Å²) in [6.45, 7) is 0. The van der Waals surface area contributed by atoms with Crippen molar-refractivity contribution in [1.82, 2.24) is 4.98 Å². The summed E-state index contributed by atoms with van der Waals surface area (Å²) in [5.74, 6) is -1.28. The largest absolute Gasteiger partial charge is 0.573 e. The van der Waals surface area contributed by atoms with E-state index in [9.17, 15) is 26.3 Å². The number of alkyl halides is 7. The van der Waals surface area contributed by atoms with E-state index >= 15 is 0 Å². The molecule has 1 aromatic heterocycles. The van der Waals surface area contributed by atoms with Crippen LogP contribution in [0.2, 0.25) is 0 Å². The van der Waals surface area contributed by atoms with Crippen LogP contribution in [-0.2, 0) is 11.5 Å². The van der Waals surface area contributed by atoms with E-state index in [1.165, 1.54) is 22.6 Å². The molecule has 0 aliphatic carbocycles. The Morgan fingerprint density at radius 2 is 1.78 bits per heavy atom. The van der Waals surface area contributed by atoms with Gasteiger partial charge in [0.05, 0.1) is 9.26 Å². The molecule has 0 amide bonds. The summed E-state index contributed by atoms with van der Waals surface area (Å²) < 4.78 is 77.6. The standard InChI is InChI=1S/C8H3BrF6INO/c9-1-4-5(7(10,11)12)6(3(16)2-17-4)18-8(13,14)15/h2H,1H2. The maximum absolute atomic E-state index is 12.7. The Morgan fingerprint density at radius 3 is 2.17 bits per heavy atom. The van der Waals surface area contributed by atoms with E-state index in [2.05, 4.69) is 25.7 Å². The van der Waals surface area contributed by atoms with Gasteiger partial charge in [0.25, 0.3) is 0 Å². The highest BCUT2D eigenvalue weighted by molar-refractivity contribution is 14.1. The topological polar surface area (TPSA) is 22.1 Å². The molecule has 0 aromatic carbocycles. The Kier molecular flexibility index (Phi) is 4.73. The fourth-order valence-corrected chi connectivity index (χ4v) is 2.06. The van der Waals surface area contributed by atoms with Crippen LogP contribution in [0.3, 0.4) is 0 Å². The molecular formula is C8H3BrF6INO. The van der Waals surface area contributed by atoms with Gasteiger partial charge in [0.1, 0.15) is 5.56 Å². The van der Waals surface area contributed by atoms with Gasteiger partial charge in [0.2, 0.25) is 0 Å². The van der Waals surface area contributed by atoms with Crippen molar-refractivity contribution in [2.45, 2.75) is 17.9 Å². The molecule has 1 rings (SSSR count). The van der Waals surface area contributed by atoms with Crippen LogP contribution in [0, 0.1) is 3.57 Å². The molecule has 0 radical (unpaired) electrons. The summed E-state index contributed by atoms with van der Waals surface area (Å²) in [6.07, 6.45) is -9.31. The van der Waals surface area contributed by atoms with Crippen molar-refractivity contribution >= 4 is 38.5 Å². The molecule has 0 saturated carbocycles. The quantitative estimate of drug-likeness (QED) is 0.377. The molecule has 0 unspecified atom stereocenters. The number of hydrogen-bond acceptors (Lipinski definition) is 2. The fraction of sp³-hybridized carbons (Fsp3) is 0.375.